The van der Waals surface area contributed by atoms with Gasteiger partial charge in [-0.2, -0.15) is 14.6 Å². The molecular weight excluding hydrogens is 406 g/mol. The van der Waals surface area contributed by atoms with Gasteiger partial charge in [0.2, 0.25) is 5.91 Å². The van der Waals surface area contributed by atoms with Gasteiger partial charge in [-0.05, 0) is 24.5 Å². The minimum absolute atomic E-state index is 0.0427. The van der Waals surface area contributed by atoms with Gasteiger partial charge >= 0.3 is 0 Å². The second-order valence-corrected chi connectivity index (χ2v) is 8.09. The van der Waals surface area contributed by atoms with Crippen molar-refractivity contribution >= 4 is 17.5 Å². The Kier molecular flexibility index (Phi) is 7.28. The fraction of sp³-hybridized carbons (Fsp3) is 0.478. The first-order chi connectivity index (χ1) is 15.6. The number of piperazine rings is 1. The van der Waals surface area contributed by atoms with E-state index in [9.17, 15) is 4.79 Å². The lowest BCUT2D eigenvalue weighted by atomic mass is 10.1. The Hall–Kier alpha value is -3.04. The third-order valence-electron chi connectivity index (χ3n) is 5.63. The molecule has 170 valence electrons. The monoisotopic (exact) mass is 437 g/mol. The maximum Gasteiger partial charge on any atom is 0.254 e. The maximum atomic E-state index is 12.6. The number of nitrogens with zero attached hydrogens (tertiary/aromatic N) is 6. The molecule has 1 N–H and O–H groups in total. The number of rotatable bonds is 9. The van der Waals surface area contributed by atoms with Crippen LogP contribution in [0.4, 0.5) is 5.82 Å². The van der Waals surface area contributed by atoms with Crippen LogP contribution in [0.15, 0.2) is 36.7 Å². The summed E-state index contributed by atoms with van der Waals surface area (Å²) in [5, 5.41) is 7.37. The van der Waals surface area contributed by atoms with Crippen LogP contribution in [0.5, 0.6) is 0 Å². The number of anilines is 1. The highest BCUT2D eigenvalue weighted by molar-refractivity contribution is 5.78. The Balaban J connectivity index is 1.27. The first-order valence-corrected chi connectivity index (χ1v) is 11.2. The van der Waals surface area contributed by atoms with Crippen molar-refractivity contribution in [3.63, 3.8) is 0 Å². The summed E-state index contributed by atoms with van der Waals surface area (Å²) in [6, 6.07) is 10.1. The molecule has 0 bridgehead atoms. The highest BCUT2D eigenvalue weighted by Gasteiger charge is 2.21. The molecule has 0 radical (unpaired) electrons. The first-order valence-electron chi connectivity index (χ1n) is 11.2. The zero-order chi connectivity index (χ0) is 22.3. The Morgan fingerprint density at radius 2 is 1.94 bits per heavy atom. The first kappa shape index (κ1) is 22.2. The summed E-state index contributed by atoms with van der Waals surface area (Å²) in [6.07, 6.45) is 2.52. The molecular formula is C23H31N7O2. The molecule has 0 spiro atoms. The molecule has 2 aromatic heterocycles. The van der Waals surface area contributed by atoms with E-state index < -0.39 is 0 Å². The molecule has 9 heteroatoms. The van der Waals surface area contributed by atoms with Gasteiger partial charge in [0.1, 0.15) is 12.1 Å². The van der Waals surface area contributed by atoms with Gasteiger partial charge in [-0.15, -0.1) is 0 Å². The number of hydrogen-bond acceptors (Lipinski definition) is 7. The topological polar surface area (TPSA) is 87.9 Å². The van der Waals surface area contributed by atoms with Crippen molar-refractivity contribution < 1.29 is 9.53 Å². The molecule has 1 aromatic carbocycles. The molecule has 1 fully saturated rings. The number of hydrogen-bond donors (Lipinski definition) is 1. The Bertz CT molecular complexity index is 1040. The van der Waals surface area contributed by atoms with Crippen LogP contribution in [0.3, 0.4) is 0 Å². The van der Waals surface area contributed by atoms with E-state index in [1.807, 2.05) is 31.2 Å². The summed E-state index contributed by atoms with van der Waals surface area (Å²) in [4.78, 5) is 25.6. The van der Waals surface area contributed by atoms with E-state index in [-0.39, 0.29) is 5.91 Å². The lowest BCUT2D eigenvalue weighted by Crippen LogP contribution is -2.50. The number of fused-ring (bicyclic) bond motifs is 1. The highest BCUT2D eigenvalue weighted by Crippen LogP contribution is 2.18. The largest absolute Gasteiger partial charge is 0.377 e. The highest BCUT2D eigenvalue weighted by atomic mass is 16.5. The van der Waals surface area contributed by atoms with Crippen LogP contribution in [-0.2, 0) is 22.7 Å². The van der Waals surface area contributed by atoms with Gasteiger partial charge < -0.3 is 15.0 Å². The van der Waals surface area contributed by atoms with Gasteiger partial charge in [-0.1, -0.05) is 31.2 Å². The molecule has 3 heterocycles. The number of amides is 1. The van der Waals surface area contributed by atoms with E-state index in [1.54, 1.807) is 4.52 Å². The molecule has 1 amide bonds. The summed E-state index contributed by atoms with van der Waals surface area (Å²) in [5.74, 6) is 1.65. The summed E-state index contributed by atoms with van der Waals surface area (Å²) in [7, 11) is 0. The molecule has 0 saturated carbocycles. The summed E-state index contributed by atoms with van der Waals surface area (Å²) < 4.78 is 7.45. The lowest BCUT2D eigenvalue weighted by molar-refractivity contribution is -0.122. The van der Waals surface area contributed by atoms with Crippen molar-refractivity contribution in [1.29, 1.82) is 0 Å². The molecule has 4 rings (SSSR count). The molecule has 0 aliphatic carbocycles. The van der Waals surface area contributed by atoms with E-state index >= 15 is 0 Å². The zero-order valence-corrected chi connectivity index (χ0v) is 18.8. The molecule has 0 atom stereocenters. The van der Waals surface area contributed by atoms with Crippen molar-refractivity contribution in [2.75, 3.05) is 44.2 Å². The van der Waals surface area contributed by atoms with E-state index in [0.717, 1.165) is 61.8 Å². The smallest absolute Gasteiger partial charge is 0.254 e. The fourth-order valence-corrected chi connectivity index (χ4v) is 3.92. The Morgan fingerprint density at radius 3 is 2.72 bits per heavy atom. The lowest BCUT2D eigenvalue weighted by Gasteiger charge is -2.35. The minimum Gasteiger partial charge on any atom is -0.377 e. The molecule has 1 aliphatic rings. The molecule has 0 unspecified atom stereocenters. The number of nitrogens with one attached hydrogen (secondary N) is 1. The molecule has 1 aliphatic heterocycles. The SMILES string of the molecule is CCCOCc1ccccc1CNC(=O)CN1CCN(c2cc(C)nc3ncnn23)CC1. The average molecular weight is 438 g/mol. The quantitative estimate of drug-likeness (QED) is 0.511. The third-order valence-corrected chi connectivity index (χ3v) is 5.63. The molecule has 9 nitrogen and oxygen atoms in total. The van der Waals surface area contributed by atoms with Crippen molar-refractivity contribution in [2.45, 2.75) is 33.4 Å². The van der Waals surface area contributed by atoms with Gasteiger partial charge in [-0.3, -0.25) is 9.69 Å². The number of aryl methyl sites for hydroxylation is 1. The fourth-order valence-electron chi connectivity index (χ4n) is 3.92. The number of ether oxygens (including phenoxy) is 1. The van der Waals surface area contributed by atoms with E-state index in [0.29, 0.717) is 25.5 Å². The molecule has 32 heavy (non-hydrogen) atoms. The van der Waals surface area contributed by atoms with Crippen LogP contribution in [0, 0.1) is 6.92 Å². The van der Waals surface area contributed by atoms with E-state index in [1.165, 1.54) is 6.33 Å². The van der Waals surface area contributed by atoms with Crippen LogP contribution in [0.2, 0.25) is 0 Å². The van der Waals surface area contributed by atoms with E-state index in [2.05, 4.69) is 43.2 Å². The van der Waals surface area contributed by atoms with Gasteiger partial charge in [0.05, 0.1) is 13.2 Å². The number of aromatic nitrogens is 4. The zero-order valence-electron chi connectivity index (χ0n) is 18.8. The normalized spacial score (nSPS) is 14.8. The van der Waals surface area contributed by atoms with Crippen LogP contribution in [0.1, 0.15) is 30.2 Å². The minimum atomic E-state index is 0.0427. The average Bonchev–Trinajstić information content (AvgIpc) is 3.27. The van der Waals surface area contributed by atoms with E-state index in [4.69, 9.17) is 4.74 Å². The van der Waals surface area contributed by atoms with Crippen molar-refractivity contribution in [3.8, 4) is 0 Å². The summed E-state index contributed by atoms with van der Waals surface area (Å²) >= 11 is 0. The maximum absolute atomic E-state index is 12.6. The number of carbonyl (C=O) groups excluding carboxylic acids is 1. The van der Waals surface area contributed by atoms with Gasteiger partial charge in [0.15, 0.2) is 0 Å². The second kappa shape index (κ2) is 10.5. The third kappa shape index (κ3) is 5.41. The Morgan fingerprint density at radius 1 is 1.16 bits per heavy atom. The summed E-state index contributed by atoms with van der Waals surface area (Å²) in [6.45, 7) is 9.57. The molecule has 1 saturated heterocycles. The van der Waals surface area contributed by atoms with Gasteiger partial charge in [0.25, 0.3) is 5.78 Å². The summed E-state index contributed by atoms with van der Waals surface area (Å²) in [5.41, 5.74) is 3.15. The Labute approximate surface area is 188 Å². The second-order valence-electron chi connectivity index (χ2n) is 8.09. The van der Waals surface area contributed by atoms with Crippen LogP contribution in [0.25, 0.3) is 5.78 Å². The number of benzene rings is 1. The van der Waals surface area contributed by atoms with Crippen molar-refractivity contribution in [3.05, 3.63) is 53.5 Å². The number of carbonyl (C=O) groups is 1. The van der Waals surface area contributed by atoms with Crippen molar-refractivity contribution in [1.82, 2.24) is 29.8 Å². The van der Waals surface area contributed by atoms with Gasteiger partial charge in [-0.25, -0.2) is 4.98 Å². The predicted octanol–water partition coefficient (Wildman–Crippen LogP) is 1.80. The van der Waals surface area contributed by atoms with Crippen LogP contribution < -0.4 is 10.2 Å². The van der Waals surface area contributed by atoms with Crippen molar-refractivity contribution in [2.24, 2.45) is 0 Å². The predicted molar refractivity (Wildman–Crippen MR) is 122 cm³/mol. The molecule has 3 aromatic rings. The van der Waals surface area contributed by atoms with Crippen LogP contribution in [-0.4, -0.2) is 69.7 Å². The standard InChI is InChI=1S/C23H31N7O2/c1-3-12-32-16-20-7-5-4-6-19(20)14-24-21(31)15-28-8-10-29(11-9-28)22-13-18(2)27-23-25-17-26-30(22)23/h4-7,13,17H,3,8-12,14-16H2,1-2H3,(H,24,31). The van der Waals surface area contributed by atoms with Gasteiger partial charge in [0, 0.05) is 51.1 Å². The van der Waals surface area contributed by atoms with Crippen LogP contribution >= 0.6 is 0 Å².